The molecule has 1 aliphatic heterocycles. The Bertz CT molecular complexity index is 799. The highest BCUT2D eigenvalue weighted by Crippen LogP contribution is 2.40. The van der Waals surface area contributed by atoms with Crippen LogP contribution in [0.5, 0.6) is 11.5 Å². The maximum Gasteiger partial charge on any atom is 0.340 e. The van der Waals surface area contributed by atoms with E-state index in [0.29, 0.717) is 20.5 Å². The number of benzene rings is 1. The zero-order valence-corrected chi connectivity index (χ0v) is 16.1. The fourth-order valence-corrected chi connectivity index (χ4v) is 4.77. The van der Waals surface area contributed by atoms with Gasteiger partial charge in [0.15, 0.2) is 11.5 Å². The van der Waals surface area contributed by atoms with E-state index in [-0.39, 0.29) is 23.3 Å². The second-order valence-corrected chi connectivity index (χ2v) is 7.74. The van der Waals surface area contributed by atoms with Crippen molar-refractivity contribution in [2.24, 2.45) is 0 Å². The minimum atomic E-state index is -1.15. The molecule has 0 atom stereocenters. The SMILES string of the molecule is COc1ccc(/C=C2/SC(=S)N(C3CCCC3)C2=O)c(C(=O)O)c1OC. The number of methoxy groups -OCH3 is 2. The smallest absolute Gasteiger partial charge is 0.340 e. The fraction of sp³-hybridized carbons (Fsp3) is 0.389. The van der Waals surface area contributed by atoms with E-state index in [9.17, 15) is 14.7 Å². The van der Waals surface area contributed by atoms with Crippen LogP contribution in [0.2, 0.25) is 0 Å². The molecule has 0 bridgehead atoms. The molecule has 0 radical (unpaired) electrons. The van der Waals surface area contributed by atoms with Gasteiger partial charge in [-0.15, -0.1) is 0 Å². The molecular weight excluding hydrogens is 374 g/mol. The highest BCUT2D eigenvalue weighted by Gasteiger charge is 2.38. The topological polar surface area (TPSA) is 76.1 Å². The van der Waals surface area contributed by atoms with Crippen molar-refractivity contribution in [3.05, 3.63) is 28.2 Å². The summed E-state index contributed by atoms with van der Waals surface area (Å²) < 4.78 is 10.9. The summed E-state index contributed by atoms with van der Waals surface area (Å²) in [6.45, 7) is 0. The zero-order chi connectivity index (χ0) is 18.8. The van der Waals surface area contributed by atoms with Crippen molar-refractivity contribution in [3.63, 3.8) is 0 Å². The van der Waals surface area contributed by atoms with Gasteiger partial charge in [-0.2, -0.15) is 0 Å². The van der Waals surface area contributed by atoms with Crippen molar-refractivity contribution < 1.29 is 24.2 Å². The summed E-state index contributed by atoms with van der Waals surface area (Å²) in [5, 5.41) is 9.62. The zero-order valence-electron chi connectivity index (χ0n) is 14.5. The van der Waals surface area contributed by atoms with Crippen LogP contribution in [0.3, 0.4) is 0 Å². The van der Waals surface area contributed by atoms with Crippen LogP contribution < -0.4 is 9.47 Å². The molecule has 3 rings (SSSR count). The Kier molecular flexibility index (Phi) is 5.52. The molecule has 0 aromatic heterocycles. The lowest BCUT2D eigenvalue weighted by Gasteiger charge is -2.21. The van der Waals surface area contributed by atoms with Gasteiger partial charge < -0.3 is 14.6 Å². The largest absolute Gasteiger partial charge is 0.493 e. The lowest BCUT2D eigenvalue weighted by molar-refractivity contribution is -0.123. The molecule has 1 saturated carbocycles. The van der Waals surface area contributed by atoms with Crippen molar-refractivity contribution in [2.75, 3.05) is 14.2 Å². The molecule has 2 fully saturated rings. The molecule has 0 unspecified atom stereocenters. The number of carbonyl (C=O) groups excluding carboxylic acids is 1. The molecule has 1 heterocycles. The molecule has 1 saturated heterocycles. The first-order valence-electron chi connectivity index (χ1n) is 8.23. The fourth-order valence-electron chi connectivity index (χ4n) is 3.38. The summed E-state index contributed by atoms with van der Waals surface area (Å²) in [6, 6.07) is 3.37. The number of amides is 1. The molecule has 26 heavy (non-hydrogen) atoms. The van der Waals surface area contributed by atoms with Crippen LogP contribution in [0.25, 0.3) is 6.08 Å². The van der Waals surface area contributed by atoms with E-state index >= 15 is 0 Å². The molecule has 6 nitrogen and oxygen atoms in total. The lowest BCUT2D eigenvalue weighted by atomic mass is 10.0. The number of aromatic carboxylic acids is 1. The van der Waals surface area contributed by atoms with Crippen LogP contribution >= 0.6 is 24.0 Å². The number of hydrogen-bond donors (Lipinski definition) is 1. The number of carbonyl (C=O) groups is 2. The maximum absolute atomic E-state index is 12.8. The van der Waals surface area contributed by atoms with Crippen LogP contribution in [0.4, 0.5) is 0 Å². The quantitative estimate of drug-likeness (QED) is 0.606. The van der Waals surface area contributed by atoms with Crippen molar-refractivity contribution in [1.29, 1.82) is 0 Å². The van der Waals surface area contributed by atoms with E-state index in [2.05, 4.69) is 0 Å². The van der Waals surface area contributed by atoms with Gasteiger partial charge in [0.2, 0.25) is 0 Å². The molecule has 1 aliphatic carbocycles. The first-order valence-corrected chi connectivity index (χ1v) is 9.45. The molecule has 0 spiro atoms. The number of nitrogens with zero attached hydrogens (tertiary/aromatic N) is 1. The second-order valence-electron chi connectivity index (χ2n) is 6.06. The highest BCUT2D eigenvalue weighted by atomic mass is 32.2. The van der Waals surface area contributed by atoms with Crippen molar-refractivity contribution in [1.82, 2.24) is 4.90 Å². The average molecular weight is 393 g/mol. The number of hydrogen-bond acceptors (Lipinski definition) is 6. The predicted octanol–water partition coefficient (Wildman–Crippen LogP) is 3.55. The minimum absolute atomic E-state index is 0.0435. The lowest BCUT2D eigenvalue weighted by Crippen LogP contribution is -2.36. The number of carboxylic acids is 1. The van der Waals surface area contributed by atoms with E-state index < -0.39 is 5.97 Å². The Morgan fingerprint density at radius 3 is 2.58 bits per heavy atom. The molecule has 1 aromatic rings. The summed E-state index contributed by atoms with van der Waals surface area (Å²) in [5.74, 6) is -0.864. The highest BCUT2D eigenvalue weighted by molar-refractivity contribution is 8.26. The van der Waals surface area contributed by atoms with Crippen LogP contribution in [0, 0.1) is 0 Å². The van der Waals surface area contributed by atoms with E-state index in [1.807, 2.05) is 0 Å². The van der Waals surface area contributed by atoms with E-state index in [0.717, 1.165) is 25.7 Å². The van der Waals surface area contributed by atoms with Crippen molar-refractivity contribution in [3.8, 4) is 11.5 Å². The Morgan fingerprint density at radius 2 is 2.00 bits per heavy atom. The van der Waals surface area contributed by atoms with Gasteiger partial charge in [0.1, 0.15) is 9.88 Å². The standard InChI is InChI=1S/C18H19NO5S2/c1-23-12-8-7-10(14(17(21)22)15(12)24-2)9-13-16(20)19(18(25)26-13)11-5-3-4-6-11/h7-9,11H,3-6H2,1-2H3,(H,21,22)/b13-9+. The van der Waals surface area contributed by atoms with Gasteiger partial charge in [-0.1, -0.05) is 42.9 Å². The Hall–Kier alpha value is -2.06. The van der Waals surface area contributed by atoms with Gasteiger partial charge in [-0.05, 0) is 30.5 Å². The number of carboxylic acid groups (broad SMARTS) is 1. The number of thioether (sulfide) groups is 1. The number of rotatable bonds is 5. The first kappa shape index (κ1) is 18.7. The Labute approximate surface area is 161 Å². The van der Waals surface area contributed by atoms with Gasteiger partial charge in [0, 0.05) is 6.04 Å². The maximum atomic E-state index is 12.8. The molecule has 1 amide bonds. The van der Waals surface area contributed by atoms with E-state index in [1.165, 1.54) is 26.0 Å². The summed E-state index contributed by atoms with van der Waals surface area (Å²) >= 11 is 6.60. The van der Waals surface area contributed by atoms with Crippen LogP contribution in [0.1, 0.15) is 41.6 Å². The van der Waals surface area contributed by atoms with Crippen molar-refractivity contribution >= 4 is 46.3 Å². The van der Waals surface area contributed by atoms with Crippen LogP contribution in [-0.4, -0.2) is 46.5 Å². The summed E-state index contributed by atoms with van der Waals surface area (Å²) in [5.41, 5.74) is 0.333. The van der Waals surface area contributed by atoms with E-state index in [1.54, 1.807) is 23.1 Å². The Balaban J connectivity index is 2.01. The van der Waals surface area contributed by atoms with Gasteiger partial charge in [-0.25, -0.2) is 4.79 Å². The number of thiocarbonyl (C=S) groups is 1. The second kappa shape index (κ2) is 7.67. The first-order chi connectivity index (χ1) is 12.5. The molecule has 1 N–H and O–H groups in total. The molecule has 8 heteroatoms. The predicted molar refractivity (Wildman–Crippen MR) is 104 cm³/mol. The average Bonchev–Trinajstić information content (AvgIpc) is 3.22. The van der Waals surface area contributed by atoms with Gasteiger partial charge in [0.05, 0.1) is 19.1 Å². The van der Waals surface area contributed by atoms with Crippen molar-refractivity contribution in [2.45, 2.75) is 31.7 Å². The molecular formula is C18H19NO5S2. The monoisotopic (exact) mass is 393 g/mol. The third kappa shape index (κ3) is 3.31. The van der Waals surface area contributed by atoms with Gasteiger partial charge >= 0.3 is 5.97 Å². The minimum Gasteiger partial charge on any atom is -0.493 e. The Morgan fingerprint density at radius 1 is 1.31 bits per heavy atom. The summed E-state index contributed by atoms with van der Waals surface area (Å²) in [6.07, 6.45) is 5.67. The molecule has 138 valence electrons. The van der Waals surface area contributed by atoms with Gasteiger partial charge in [-0.3, -0.25) is 9.69 Å². The third-order valence-corrected chi connectivity index (χ3v) is 5.92. The third-order valence-electron chi connectivity index (χ3n) is 4.59. The summed E-state index contributed by atoms with van der Waals surface area (Å²) in [7, 11) is 2.82. The summed E-state index contributed by atoms with van der Waals surface area (Å²) in [4.78, 5) is 26.7. The van der Waals surface area contributed by atoms with Crippen LogP contribution in [-0.2, 0) is 4.79 Å². The van der Waals surface area contributed by atoms with E-state index in [4.69, 9.17) is 21.7 Å². The molecule has 2 aliphatic rings. The molecule has 1 aromatic carbocycles. The normalized spacial score (nSPS) is 19.5. The number of ether oxygens (including phenoxy) is 2. The van der Waals surface area contributed by atoms with Crippen LogP contribution in [0.15, 0.2) is 17.0 Å². The van der Waals surface area contributed by atoms with Gasteiger partial charge in [0.25, 0.3) is 5.91 Å².